The molecule has 0 unspecified atom stereocenters. The molecule has 0 spiro atoms. The zero-order chi connectivity index (χ0) is 12.3. The summed E-state index contributed by atoms with van der Waals surface area (Å²) in [6.45, 7) is 1.93. The lowest BCUT2D eigenvalue weighted by molar-refractivity contribution is -0.141. The van der Waals surface area contributed by atoms with Crippen molar-refractivity contribution in [1.82, 2.24) is 0 Å². The third-order valence-electron chi connectivity index (χ3n) is 2.16. The van der Waals surface area contributed by atoms with E-state index >= 15 is 0 Å². The number of hydrogen-bond donors (Lipinski definition) is 0. The Morgan fingerprint density at radius 2 is 2.00 bits per heavy atom. The number of unbranched alkanes of at least 4 members (excludes halogenated alkanes) is 1. The topological polar surface area (TPSA) is 26.3 Å². The summed E-state index contributed by atoms with van der Waals surface area (Å²) in [5, 5.41) is 0. The van der Waals surface area contributed by atoms with E-state index in [1.165, 1.54) is 12.5 Å². The molecular weight excluding hydrogens is 212 g/mol. The van der Waals surface area contributed by atoms with Gasteiger partial charge in [-0.1, -0.05) is 54.6 Å². The van der Waals surface area contributed by atoms with E-state index in [1.54, 1.807) is 0 Å². The Balaban J connectivity index is 2.14. The molecular formula is C15H18O2. The van der Waals surface area contributed by atoms with Crippen LogP contribution in [-0.4, -0.2) is 12.6 Å². The molecule has 0 N–H and O–H groups in total. The molecule has 0 heterocycles. The van der Waals surface area contributed by atoms with Crippen LogP contribution in [-0.2, 0) is 9.53 Å². The molecule has 0 aliphatic heterocycles. The number of benzene rings is 1. The van der Waals surface area contributed by atoms with Gasteiger partial charge in [0.25, 0.3) is 0 Å². The lowest BCUT2D eigenvalue weighted by atomic mass is 10.2. The van der Waals surface area contributed by atoms with Crippen LogP contribution in [0, 0.1) is 0 Å². The molecule has 0 aliphatic carbocycles. The molecule has 1 rings (SSSR count). The number of esters is 1. The highest BCUT2D eigenvalue weighted by Gasteiger charge is 1.89. The van der Waals surface area contributed by atoms with Gasteiger partial charge in [0.1, 0.15) is 0 Å². The van der Waals surface area contributed by atoms with Crippen LogP contribution in [0.5, 0.6) is 0 Å². The van der Waals surface area contributed by atoms with Gasteiger partial charge in [-0.15, -0.1) is 0 Å². The largest absolute Gasteiger partial charge is 0.466 e. The summed E-state index contributed by atoms with van der Waals surface area (Å²) in [7, 11) is 0. The average Bonchev–Trinajstić information content (AvgIpc) is 2.33. The van der Waals surface area contributed by atoms with Gasteiger partial charge in [0, 0.05) is 6.92 Å². The summed E-state index contributed by atoms with van der Waals surface area (Å²) in [5.74, 6) is -0.210. The van der Waals surface area contributed by atoms with E-state index in [4.69, 9.17) is 4.74 Å². The molecule has 2 nitrogen and oxygen atoms in total. The standard InChI is InChI=1S/C15H18O2/c1-14(16)17-13-9-4-2-3-6-10-15-11-7-5-8-12-15/h2-3,5-8,10-12H,4,9,13H2,1H3/b3-2+,10-6+. The van der Waals surface area contributed by atoms with Gasteiger partial charge < -0.3 is 4.74 Å². The van der Waals surface area contributed by atoms with E-state index in [0.29, 0.717) is 6.61 Å². The molecule has 90 valence electrons. The van der Waals surface area contributed by atoms with Gasteiger partial charge in [0.15, 0.2) is 0 Å². The molecule has 0 atom stereocenters. The van der Waals surface area contributed by atoms with Crippen molar-refractivity contribution >= 4 is 12.0 Å². The molecule has 0 saturated carbocycles. The summed E-state index contributed by atoms with van der Waals surface area (Å²) >= 11 is 0. The number of rotatable bonds is 6. The van der Waals surface area contributed by atoms with Crippen LogP contribution >= 0.6 is 0 Å². The molecule has 0 aromatic heterocycles. The summed E-state index contributed by atoms with van der Waals surface area (Å²) in [5.41, 5.74) is 1.19. The smallest absolute Gasteiger partial charge is 0.302 e. The van der Waals surface area contributed by atoms with Gasteiger partial charge in [-0.2, -0.15) is 0 Å². The van der Waals surface area contributed by atoms with Crippen molar-refractivity contribution in [2.75, 3.05) is 6.61 Å². The summed E-state index contributed by atoms with van der Waals surface area (Å²) in [6.07, 6.45) is 9.95. The first-order valence-corrected chi connectivity index (χ1v) is 5.80. The van der Waals surface area contributed by atoms with Crippen molar-refractivity contribution in [1.29, 1.82) is 0 Å². The van der Waals surface area contributed by atoms with Crippen LogP contribution in [0.1, 0.15) is 25.3 Å². The average molecular weight is 230 g/mol. The first kappa shape index (κ1) is 13.2. The van der Waals surface area contributed by atoms with Crippen molar-refractivity contribution in [3.05, 3.63) is 54.1 Å². The fourth-order valence-electron chi connectivity index (χ4n) is 1.32. The molecule has 0 saturated heterocycles. The van der Waals surface area contributed by atoms with Crippen molar-refractivity contribution in [2.24, 2.45) is 0 Å². The molecule has 0 aliphatic rings. The quantitative estimate of drug-likeness (QED) is 0.424. The van der Waals surface area contributed by atoms with Crippen LogP contribution in [0.15, 0.2) is 48.6 Å². The highest BCUT2D eigenvalue weighted by molar-refractivity contribution is 5.65. The van der Waals surface area contributed by atoms with Crippen LogP contribution in [0.4, 0.5) is 0 Å². The predicted octanol–water partition coefficient (Wildman–Crippen LogP) is 3.60. The Kier molecular flexibility index (Phi) is 6.49. The molecule has 0 bridgehead atoms. The fourth-order valence-corrected chi connectivity index (χ4v) is 1.32. The second-order valence-electron chi connectivity index (χ2n) is 3.68. The Morgan fingerprint density at radius 1 is 1.24 bits per heavy atom. The summed E-state index contributed by atoms with van der Waals surface area (Å²) < 4.78 is 4.83. The minimum absolute atomic E-state index is 0.210. The zero-order valence-corrected chi connectivity index (χ0v) is 10.1. The Bertz CT molecular complexity index is 377. The van der Waals surface area contributed by atoms with Crippen LogP contribution in [0.2, 0.25) is 0 Å². The first-order valence-electron chi connectivity index (χ1n) is 5.80. The SMILES string of the molecule is CC(=O)OCCC/C=C/C=C/c1ccccc1. The van der Waals surface area contributed by atoms with Crippen molar-refractivity contribution in [3.63, 3.8) is 0 Å². The lowest BCUT2D eigenvalue weighted by Gasteiger charge is -1.97. The minimum Gasteiger partial charge on any atom is -0.466 e. The first-order chi connectivity index (χ1) is 8.29. The van der Waals surface area contributed by atoms with Crippen molar-refractivity contribution < 1.29 is 9.53 Å². The van der Waals surface area contributed by atoms with Crippen LogP contribution in [0.3, 0.4) is 0 Å². The van der Waals surface area contributed by atoms with Gasteiger partial charge in [-0.3, -0.25) is 4.79 Å². The Hall–Kier alpha value is -1.83. The van der Waals surface area contributed by atoms with Crippen LogP contribution in [0.25, 0.3) is 6.08 Å². The maximum atomic E-state index is 10.5. The second-order valence-corrected chi connectivity index (χ2v) is 3.68. The number of hydrogen-bond acceptors (Lipinski definition) is 2. The highest BCUT2D eigenvalue weighted by Crippen LogP contribution is 2.01. The molecule has 17 heavy (non-hydrogen) atoms. The highest BCUT2D eigenvalue weighted by atomic mass is 16.5. The van der Waals surface area contributed by atoms with Gasteiger partial charge in [0.05, 0.1) is 6.61 Å². The Labute approximate surface area is 103 Å². The number of ether oxygens (including phenoxy) is 1. The fraction of sp³-hybridized carbons (Fsp3) is 0.267. The number of carbonyl (C=O) groups is 1. The third-order valence-corrected chi connectivity index (χ3v) is 2.16. The van der Waals surface area contributed by atoms with E-state index in [9.17, 15) is 4.79 Å². The number of carbonyl (C=O) groups excluding carboxylic acids is 1. The molecule has 0 radical (unpaired) electrons. The van der Waals surface area contributed by atoms with Gasteiger partial charge in [-0.05, 0) is 18.4 Å². The van der Waals surface area contributed by atoms with Gasteiger partial charge >= 0.3 is 5.97 Å². The van der Waals surface area contributed by atoms with E-state index < -0.39 is 0 Å². The van der Waals surface area contributed by atoms with E-state index in [2.05, 4.69) is 24.3 Å². The Morgan fingerprint density at radius 3 is 2.71 bits per heavy atom. The molecule has 2 heteroatoms. The second kappa shape index (κ2) is 8.34. The monoisotopic (exact) mass is 230 g/mol. The van der Waals surface area contributed by atoms with Gasteiger partial charge in [0.2, 0.25) is 0 Å². The number of allylic oxidation sites excluding steroid dienone is 3. The molecule has 0 fully saturated rings. The van der Waals surface area contributed by atoms with Gasteiger partial charge in [-0.25, -0.2) is 0 Å². The van der Waals surface area contributed by atoms with Crippen molar-refractivity contribution in [3.8, 4) is 0 Å². The minimum atomic E-state index is -0.210. The summed E-state index contributed by atoms with van der Waals surface area (Å²) in [4.78, 5) is 10.5. The maximum Gasteiger partial charge on any atom is 0.302 e. The lowest BCUT2D eigenvalue weighted by Crippen LogP contribution is -1.99. The molecule has 1 aromatic rings. The zero-order valence-electron chi connectivity index (χ0n) is 10.1. The molecule has 0 amide bonds. The van der Waals surface area contributed by atoms with Crippen molar-refractivity contribution in [2.45, 2.75) is 19.8 Å². The summed E-state index contributed by atoms with van der Waals surface area (Å²) in [6, 6.07) is 10.2. The maximum absolute atomic E-state index is 10.5. The van der Waals surface area contributed by atoms with E-state index in [0.717, 1.165) is 12.8 Å². The van der Waals surface area contributed by atoms with E-state index in [-0.39, 0.29) is 5.97 Å². The normalized spacial score (nSPS) is 11.1. The van der Waals surface area contributed by atoms with E-state index in [1.807, 2.05) is 30.4 Å². The predicted molar refractivity (Wildman–Crippen MR) is 70.5 cm³/mol. The van der Waals surface area contributed by atoms with Crippen LogP contribution < -0.4 is 0 Å². The molecule has 1 aromatic carbocycles. The third kappa shape index (κ3) is 7.12.